The molecule has 1 heteroatoms. The molecule has 0 spiro atoms. The smallest absolute Gasteiger partial charge is 0.0366 e. The molecule has 3 fully saturated rings. The largest absolute Gasteiger partial charge is 0.372 e. The Bertz CT molecular complexity index is 530. The van der Waals surface area contributed by atoms with Gasteiger partial charge in [0, 0.05) is 18.8 Å². The lowest BCUT2D eigenvalue weighted by Crippen LogP contribution is -2.37. The molecule has 0 aromatic heterocycles. The average molecular weight is 312 g/mol. The van der Waals surface area contributed by atoms with Crippen LogP contribution in [-0.4, -0.2) is 13.1 Å². The second-order valence-corrected chi connectivity index (χ2v) is 9.46. The Morgan fingerprint density at radius 3 is 2.04 bits per heavy atom. The third kappa shape index (κ3) is 3.04. The third-order valence-corrected chi connectivity index (χ3v) is 7.04. The van der Waals surface area contributed by atoms with Gasteiger partial charge in [-0.3, -0.25) is 0 Å². The summed E-state index contributed by atoms with van der Waals surface area (Å²) in [4.78, 5) is 2.62. The van der Waals surface area contributed by atoms with E-state index in [9.17, 15) is 0 Å². The van der Waals surface area contributed by atoms with Gasteiger partial charge < -0.3 is 4.90 Å². The standard InChI is InChI=1S/C22H33N/c1-22(2,3)19-6-8-20(9-7-19)23-12-10-17(11-13-23)21-15-16-4-5-18(21)14-16/h6-9,16-18,21H,4-5,10-15H2,1-3H3. The fourth-order valence-corrected chi connectivity index (χ4v) is 5.63. The van der Waals surface area contributed by atoms with Crippen LogP contribution in [0.3, 0.4) is 0 Å². The molecular weight excluding hydrogens is 278 g/mol. The highest BCUT2D eigenvalue weighted by molar-refractivity contribution is 5.48. The van der Waals surface area contributed by atoms with Crippen LogP contribution in [0.1, 0.15) is 64.9 Å². The Labute approximate surface area is 142 Å². The zero-order valence-corrected chi connectivity index (χ0v) is 15.2. The topological polar surface area (TPSA) is 3.24 Å². The molecule has 2 aliphatic carbocycles. The molecule has 4 rings (SSSR count). The van der Waals surface area contributed by atoms with Gasteiger partial charge in [-0.1, -0.05) is 39.3 Å². The molecule has 3 atom stereocenters. The number of rotatable bonds is 2. The van der Waals surface area contributed by atoms with E-state index in [0.29, 0.717) is 0 Å². The monoisotopic (exact) mass is 311 g/mol. The number of anilines is 1. The number of piperidine rings is 1. The maximum atomic E-state index is 2.62. The number of benzene rings is 1. The zero-order valence-electron chi connectivity index (χ0n) is 15.2. The molecule has 2 bridgehead atoms. The average Bonchev–Trinajstić information content (AvgIpc) is 3.17. The van der Waals surface area contributed by atoms with Crippen molar-refractivity contribution < 1.29 is 0 Å². The van der Waals surface area contributed by atoms with Gasteiger partial charge in [-0.05, 0) is 78.9 Å². The van der Waals surface area contributed by atoms with Crippen LogP contribution in [0.2, 0.25) is 0 Å². The van der Waals surface area contributed by atoms with Crippen LogP contribution in [0.5, 0.6) is 0 Å². The van der Waals surface area contributed by atoms with Crippen molar-refractivity contribution in [1.82, 2.24) is 0 Å². The number of nitrogens with zero attached hydrogens (tertiary/aromatic N) is 1. The van der Waals surface area contributed by atoms with Crippen molar-refractivity contribution >= 4 is 5.69 Å². The first-order chi connectivity index (χ1) is 11.0. The van der Waals surface area contributed by atoms with E-state index < -0.39 is 0 Å². The van der Waals surface area contributed by atoms with E-state index in [1.807, 2.05) is 0 Å². The number of hydrogen-bond acceptors (Lipinski definition) is 1. The first kappa shape index (κ1) is 15.5. The summed E-state index contributed by atoms with van der Waals surface area (Å²) in [5.74, 6) is 4.31. The van der Waals surface area contributed by atoms with Gasteiger partial charge in [-0.25, -0.2) is 0 Å². The minimum atomic E-state index is 0.257. The van der Waals surface area contributed by atoms with Crippen molar-refractivity contribution in [3.8, 4) is 0 Å². The van der Waals surface area contributed by atoms with Crippen LogP contribution >= 0.6 is 0 Å². The van der Waals surface area contributed by atoms with Crippen LogP contribution in [0, 0.1) is 23.7 Å². The first-order valence-corrected chi connectivity index (χ1v) is 9.86. The SMILES string of the molecule is CC(C)(C)c1ccc(N2CCC(C3CC4CCC3C4)CC2)cc1. The Balaban J connectivity index is 1.36. The number of hydrogen-bond donors (Lipinski definition) is 0. The van der Waals surface area contributed by atoms with Crippen LogP contribution in [0.4, 0.5) is 5.69 Å². The van der Waals surface area contributed by atoms with E-state index >= 15 is 0 Å². The second kappa shape index (κ2) is 5.83. The van der Waals surface area contributed by atoms with Crippen LogP contribution < -0.4 is 4.90 Å². The van der Waals surface area contributed by atoms with Gasteiger partial charge in [0.15, 0.2) is 0 Å². The van der Waals surface area contributed by atoms with Gasteiger partial charge in [0.1, 0.15) is 0 Å². The molecule has 3 unspecified atom stereocenters. The van der Waals surface area contributed by atoms with E-state index in [2.05, 4.69) is 49.9 Å². The van der Waals surface area contributed by atoms with E-state index in [1.165, 1.54) is 37.2 Å². The van der Waals surface area contributed by atoms with Crippen LogP contribution in [0.25, 0.3) is 0 Å². The molecule has 3 aliphatic rings. The highest BCUT2D eigenvalue weighted by Gasteiger charge is 2.43. The normalized spacial score (nSPS) is 31.8. The highest BCUT2D eigenvalue weighted by atomic mass is 15.1. The molecule has 1 aromatic rings. The van der Waals surface area contributed by atoms with E-state index in [1.54, 1.807) is 25.7 Å². The molecule has 1 heterocycles. The predicted molar refractivity (Wildman–Crippen MR) is 99.0 cm³/mol. The lowest BCUT2D eigenvalue weighted by Gasteiger charge is -2.39. The number of fused-ring (bicyclic) bond motifs is 2. The maximum Gasteiger partial charge on any atom is 0.0366 e. The summed E-state index contributed by atoms with van der Waals surface area (Å²) in [6.07, 6.45) is 9.07. The summed E-state index contributed by atoms with van der Waals surface area (Å²) < 4.78 is 0. The van der Waals surface area contributed by atoms with Crippen LogP contribution in [-0.2, 0) is 5.41 Å². The summed E-state index contributed by atoms with van der Waals surface area (Å²) in [5.41, 5.74) is 3.13. The fraction of sp³-hybridized carbons (Fsp3) is 0.727. The van der Waals surface area contributed by atoms with Crippen molar-refractivity contribution in [2.75, 3.05) is 18.0 Å². The van der Waals surface area contributed by atoms with Gasteiger partial charge in [0.2, 0.25) is 0 Å². The molecule has 0 amide bonds. The van der Waals surface area contributed by atoms with Crippen molar-refractivity contribution in [3.05, 3.63) is 29.8 Å². The summed E-state index contributed by atoms with van der Waals surface area (Å²) in [6, 6.07) is 9.35. The fourth-order valence-electron chi connectivity index (χ4n) is 5.63. The first-order valence-electron chi connectivity index (χ1n) is 9.86. The Hall–Kier alpha value is -0.980. The molecule has 1 nitrogen and oxygen atoms in total. The Morgan fingerprint density at radius 1 is 0.826 bits per heavy atom. The van der Waals surface area contributed by atoms with Gasteiger partial charge in [-0.15, -0.1) is 0 Å². The molecule has 0 N–H and O–H groups in total. The lowest BCUT2D eigenvalue weighted by molar-refractivity contribution is 0.195. The highest BCUT2D eigenvalue weighted by Crippen LogP contribution is 2.52. The zero-order chi connectivity index (χ0) is 16.0. The quantitative estimate of drug-likeness (QED) is 0.683. The van der Waals surface area contributed by atoms with E-state index in [-0.39, 0.29) is 5.41 Å². The molecular formula is C22H33N. The molecule has 126 valence electrons. The molecule has 1 saturated heterocycles. The van der Waals surface area contributed by atoms with Gasteiger partial charge in [0.25, 0.3) is 0 Å². The molecule has 23 heavy (non-hydrogen) atoms. The maximum absolute atomic E-state index is 2.62. The Morgan fingerprint density at radius 2 is 1.52 bits per heavy atom. The Kier molecular flexibility index (Phi) is 3.94. The predicted octanol–water partition coefficient (Wildman–Crippen LogP) is 5.64. The summed E-state index contributed by atoms with van der Waals surface area (Å²) in [6.45, 7) is 9.43. The summed E-state index contributed by atoms with van der Waals surface area (Å²) >= 11 is 0. The van der Waals surface area contributed by atoms with Gasteiger partial charge in [0.05, 0.1) is 0 Å². The molecule has 1 aromatic carbocycles. The van der Waals surface area contributed by atoms with Crippen molar-refractivity contribution in [3.63, 3.8) is 0 Å². The van der Waals surface area contributed by atoms with Crippen LogP contribution in [0.15, 0.2) is 24.3 Å². The summed E-state index contributed by atoms with van der Waals surface area (Å²) in [5, 5.41) is 0. The minimum Gasteiger partial charge on any atom is -0.372 e. The van der Waals surface area contributed by atoms with Crippen molar-refractivity contribution in [2.45, 2.75) is 64.7 Å². The van der Waals surface area contributed by atoms with Gasteiger partial charge in [-0.2, -0.15) is 0 Å². The molecule has 0 radical (unpaired) electrons. The second-order valence-electron chi connectivity index (χ2n) is 9.46. The van der Waals surface area contributed by atoms with E-state index in [0.717, 1.165) is 23.7 Å². The molecule has 1 aliphatic heterocycles. The minimum absolute atomic E-state index is 0.257. The van der Waals surface area contributed by atoms with Crippen molar-refractivity contribution in [1.29, 1.82) is 0 Å². The van der Waals surface area contributed by atoms with Gasteiger partial charge >= 0.3 is 0 Å². The summed E-state index contributed by atoms with van der Waals surface area (Å²) in [7, 11) is 0. The molecule has 2 saturated carbocycles. The van der Waals surface area contributed by atoms with Crippen molar-refractivity contribution in [2.24, 2.45) is 23.7 Å². The van der Waals surface area contributed by atoms with E-state index in [4.69, 9.17) is 0 Å². The lowest BCUT2D eigenvalue weighted by atomic mass is 9.75. The third-order valence-electron chi connectivity index (χ3n) is 7.04.